The minimum absolute atomic E-state index is 0.225. The van der Waals surface area contributed by atoms with Crippen LogP contribution in [0.3, 0.4) is 0 Å². The molecule has 1 aromatic carbocycles. The molecule has 0 aliphatic rings. The fraction of sp³-hybridized carbons (Fsp3) is 0. The van der Waals surface area contributed by atoms with Crippen molar-refractivity contribution in [1.29, 1.82) is 0 Å². The number of nitrogens with one attached hydrogen (secondary N) is 2. The molecule has 17 heavy (non-hydrogen) atoms. The first-order valence-corrected chi connectivity index (χ1v) is 5.08. The van der Waals surface area contributed by atoms with Crippen LogP contribution in [-0.4, -0.2) is 16.1 Å². The van der Waals surface area contributed by atoms with Gasteiger partial charge in [0.2, 0.25) is 5.91 Å². The lowest BCUT2D eigenvalue weighted by atomic mass is 10.2. The maximum atomic E-state index is 11.5. The molecule has 0 radical (unpaired) electrons. The van der Waals surface area contributed by atoms with Crippen molar-refractivity contribution in [2.75, 3.05) is 11.1 Å². The molecule has 0 unspecified atom stereocenters. The Balaban J connectivity index is 1.99. The van der Waals surface area contributed by atoms with Gasteiger partial charge < -0.3 is 11.1 Å². The second kappa shape index (κ2) is 4.98. The summed E-state index contributed by atoms with van der Waals surface area (Å²) in [6.07, 6.45) is 4.70. The van der Waals surface area contributed by atoms with Crippen molar-refractivity contribution in [2.45, 2.75) is 0 Å². The van der Waals surface area contributed by atoms with Crippen molar-refractivity contribution in [1.82, 2.24) is 10.2 Å². The van der Waals surface area contributed by atoms with Crippen LogP contribution in [0.25, 0.3) is 6.08 Å². The molecule has 2 rings (SSSR count). The first-order valence-electron chi connectivity index (χ1n) is 5.08. The number of rotatable bonds is 3. The van der Waals surface area contributed by atoms with E-state index in [1.54, 1.807) is 30.5 Å². The fourth-order valence-corrected chi connectivity index (χ4v) is 1.33. The SMILES string of the molecule is Nc1cccc(/C=C/C(=O)Nc2ccn[nH]2)c1. The van der Waals surface area contributed by atoms with Crippen molar-refractivity contribution in [2.24, 2.45) is 0 Å². The Morgan fingerprint density at radius 3 is 3.00 bits per heavy atom. The number of nitrogen functional groups attached to an aromatic ring is 1. The molecule has 0 fully saturated rings. The molecule has 2 aromatic rings. The van der Waals surface area contributed by atoms with Gasteiger partial charge in [-0.2, -0.15) is 5.10 Å². The predicted octanol–water partition coefficient (Wildman–Crippen LogP) is 1.64. The first kappa shape index (κ1) is 10.9. The summed E-state index contributed by atoms with van der Waals surface area (Å²) in [5.41, 5.74) is 7.17. The third kappa shape index (κ3) is 3.20. The van der Waals surface area contributed by atoms with Gasteiger partial charge >= 0.3 is 0 Å². The molecule has 0 aliphatic heterocycles. The summed E-state index contributed by atoms with van der Waals surface area (Å²) in [5, 5.41) is 9.00. The normalized spacial score (nSPS) is 10.6. The van der Waals surface area contributed by atoms with E-state index in [0.29, 0.717) is 11.5 Å². The first-order chi connectivity index (χ1) is 8.24. The van der Waals surface area contributed by atoms with E-state index in [4.69, 9.17) is 5.73 Å². The van der Waals surface area contributed by atoms with Crippen LogP contribution in [-0.2, 0) is 4.79 Å². The number of nitrogens with two attached hydrogens (primary N) is 1. The van der Waals surface area contributed by atoms with Gasteiger partial charge in [0.1, 0.15) is 5.82 Å². The molecule has 0 atom stereocenters. The number of aromatic nitrogens is 2. The summed E-state index contributed by atoms with van der Waals surface area (Å²) in [4.78, 5) is 11.5. The maximum absolute atomic E-state index is 11.5. The van der Waals surface area contributed by atoms with Gasteiger partial charge in [0.25, 0.3) is 0 Å². The van der Waals surface area contributed by atoms with Crippen LogP contribution >= 0.6 is 0 Å². The van der Waals surface area contributed by atoms with Crippen LogP contribution in [0.1, 0.15) is 5.56 Å². The fourth-order valence-electron chi connectivity index (χ4n) is 1.33. The van der Waals surface area contributed by atoms with E-state index in [-0.39, 0.29) is 5.91 Å². The van der Waals surface area contributed by atoms with Crippen LogP contribution in [0, 0.1) is 0 Å². The highest BCUT2D eigenvalue weighted by atomic mass is 16.1. The van der Waals surface area contributed by atoms with Crippen molar-refractivity contribution >= 4 is 23.5 Å². The van der Waals surface area contributed by atoms with Crippen molar-refractivity contribution < 1.29 is 4.79 Å². The molecule has 1 aromatic heterocycles. The number of amides is 1. The molecule has 5 nitrogen and oxygen atoms in total. The minimum Gasteiger partial charge on any atom is -0.399 e. The number of anilines is 2. The summed E-state index contributed by atoms with van der Waals surface area (Å²) in [5.74, 6) is 0.337. The standard InChI is InChI=1S/C12H12N4O/c13-10-3-1-2-9(8-10)4-5-12(17)15-11-6-7-14-16-11/h1-8H,13H2,(H2,14,15,16,17)/b5-4+. The number of carbonyl (C=O) groups is 1. The Labute approximate surface area is 98.3 Å². The number of aromatic amines is 1. The third-order valence-electron chi connectivity index (χ3n) is 2.10. The van der Waals surface area contributed by atoms with Gasteiger partial charge in [0.05, 0.1) is 6.20 Å². The van der Waals surface area contributed by atoms with Gasteiger partial charge in [-0.15, -0.1) is 0 Å². The summed E-state index contributed by atoms with van der Waals surface area (Å²) in [7, 11) is 0. The summed E-state index contributed by atoms with van der Waals surface area (Å²) in [6, 6.07) is 8.96. The average molecular weight is 228 g/mol. The zero-order valence-corrected chi connectivity index (χ0v) is 9.05. The quantitative estimate of drug-likeness (QED) is 0.551. The van der Waals surface area contributed by atoms with Crippen molar-refractivity contribution in [3.63, 3.8) is 0 Å². The summed E-state index contributed by atoms with van der Waals surface area (Å²) >= 11 is 0. The van der Waals surface area contributed by atoms with Crippen LogP contribution in [0.4, 0.5) is 11.5 Å². The minimum atomic E-state index is -0.225. The van der Waals surface area contributed by atoms with E-state index in [1.165, 1.54) is 6.08 Å². The number of carbonyl (C=O) groups excluding carboxylic acids is 1. The lowest BCUT2D eigenvalue weighted by molar-refractivity contribution is -0.111. The summed E-state index contributed by atoms with van der Waals surface area (Å²) in [6.45, 7) is 0. The number of hydrogen-bond acceptors (Lipinski definition) is 3. The molecular weight excluding hydrogens is 216 g/mol. The van der Waals surface area contributed by atoms with Gasteiger partial charge in [-0.05, 0) is 23.8 Å². The zero-order chi connectivity index (χ0) is 12.1. The topological polar surface area (TPSA) is 83.8 Å². The van der Waals surface area contributed by atoms with E-state index < -0.39 is 0 Å². The highest BCUT2D eigenvalue weighted by molar-refractivity contribution is 6.01. The van der Waals surface area contributed by atoms with E-state index in [2.05, 4.69) is 15.5 Å². The van der Waals surface area contributed by atoms with Gasteiger partial charge in [-0.3, -0.25) is 9.89 Å². The van der Waals surface area contributed by atoms with E-state index in [0.717, 1.165) is 5.56 Å². The highest BCUT2D eigenvalue weighted by Gasteiger charge is 1.97. The number of nitrogens with zero attached hydrogens (tertiary/aromatic N) is 1. The molecule has 1 amide bonds. The molecule has 0 saturated carbocycles. The molecule has 0 bridgehead atoms. The Hall–Kier alpha value is -2.56. The van der Waals surface area contributed by atoms with Crippen LogP contribution < -0.4 is 11.1 Å². The van der Waals surface area contributed by atoms with Gasteiger partial charge in [-0.1, -0.05) is 12.1 Å². The number of benzene rings is 1. The largest absolute Gasteiger partial charge is 0.399 e. The van der Waals surface area contributed by atoms with Crippen LogP contribution in [0.2, 0.25) is 0 Å². The van der Waals surface area contributed by atoms with E-state index >= 15 is 0 Å². The number of H-pyrrole nitrogens is 1. The number of hydrogen-bond donors (Lipinski definition) is 3. The van der Waals surface area contributed by atoms with Crippen molar-refractivity contribution in [3.05, 3.63) is 48.2 Å². The molecular formula is C12H12N4O. The van der Waals surface area contributed by atoms with Gasteiger partial charge in [0, 0.05) is 17.8 Å². The maximum Gasteiger partial charge on any atom is 0.249 e. The van der Waals surface area contributed by atoms with Crippen LogP contribution in [0.5, 0.6) is 0 Å². The molecule has 1 heterocycles. The molecule has 0 spiro atoms. The molecule has 0 aliphatic carbocycles. The monoisotopic (exact) mass is 228 g/mol. The highest BCUT2D eigenvalue weighted by Crippen LogP contribution is 2.08. The Morgan fingerprint density at radius 2 is 2.29 bits per heavy atom. The van der Waals surface area contributed by atoms with Gasteiger partial charge in [-0.25, -0.2) is 0 Å². The third-order valence-corrected chi connectivity index (χ3v) is 2.10. The van der Waals surface area contributed by atoms with E-state index in [9.17, 15) is 4.79 Å². The van der Waals surface area contributed by atoms with E-state index in [1.807, 2.05) is 12.1 Å². The lowest BCUT2D eigenvalue weighted by Crippen LogP contribution is -2.07. The molecule has 4 N–H and O–H groups in total. The smallest absolute Gasteiger partial charge is 0.249 e. The summed E-state index contributed by atoms with van der Waals surface area (Å²) < 4.78 is 0. The average Bonchev–Trinajstić information content (AvgIpc) is 2.79. The molecule has 0 saturated heterocycles. The predicted molar refractivity (Wildman–Crippen MR) is 67.1 cm³/mol. The van der Waals surface area contributed by atoms with Gasteiger partial charge in [0.15, 0.2) is 0 Å². The molecule has 86 valence electrons. The zero-order valence-electron chi connectivity index (χ0n) is 9.05. The Kier molecular flexibility index (Phi) is 3.20. The van der Waals surface area contributed by atoms with Crippen LogP contribution in [0.15, 0.2) is 42.6 Å². The second-order valence-corrected chi connectivity index (χ2v) is 3.46. The van der Waals surface area contributed by atoms with Crippen molar-refractivity contribution in [3.8, 4) is 0 Å². The Morgan fingerprint density at radius 1 is 1.41 bits per heavy atom. The molecule has 5 heteroatoms. The Bertz CT molecular complexity index is 531. The lowest BCUT2D eigenvalue weighted by Gasteiger charge is -1.97. The second-order valence-electron chi connectivity index (χ2n) is 3.46.